The second-order valence-electron chi connectivity index (χ2n) is 5.29. The molecule has 2 rings (SSSR count). The van der Waals surface area contributed by atoms with Gasteiger partial charge in [0.15, 0.2) is 0 Å². The maximum Gasteiger partial charge on any atom is 0.120 e. The number of aromatic nitrogens is 1. The van der Waals surface area contributed by atoms with E-state index in [1.807, 2.05) is 17.7 Å². The van der Waals surface area contributed by atoms with Gasteiger partial charge in [-0.3, -0.25) is 0 Å². The Hall–Kier alpha value is -1.31. The summed E-state index contributed by atoms with van der Waals surface area (Å²) in [7, 11) is 4.13. The first-order valence-electron chi connectivity index (χ1n) is 6.59. The molecule has 18 heavy (non-hydrogen) atoms. The lowest BCUT2D eigenvalue weighted by molar-refractivity contribution is 0.226. The number of piperidine rings is 1. The number of nitrogens with one attached hydrogen (secondary N) is 1. The second kappa shape index (κ2) is 5.55. The molecule has 1 saturated heterocycles. The molecule has 1 aliphatic heterocycles. The van der Waals surface area contributed by atoms with Gasteiger partial charge < -0.3 is 14.8 Å². The van der Waals surface area contributed by atoms with E-state index in [9.17, 15) is 0 Å². The lowest BCUT2D eigenvalue weighted by atomic mass is 10.1. The summed E-state index contributed by atoms with van der Waals surface area (Å²) in [6.07, 6.45) is 2.52. The number of likely N-dealkylation sites (tertiary alicyclic amines) is 1. The maximum absolute atomic E-state index is 9.01. The first-order chi connectivity index (χ1) is 8.61. The van der Waals surface area contributed by atoms with Crippen LogP contribution in [0.15, 0.2) is 6.07 Å². The van der Waals surface area contributed by atoms with Crippen molar-refractivity contribution in [1.82, 2.24) is 14.8 Å². The highest BCUT2D eigenvalue weighted by atomic mass is 15.1. The van der Waals surface area contributed by atoms with Gasteiger partial charge in [0.2, 0.25) is 0 Å². The molecule has 1 N–H and O–H groups in total. The fraction of sp³-hybridized carbons (Fsp3) is 0.643. The minimum Gasteiger partial charge on any atom is -0.340 e. The number of hydrogen-bond donors (Lipinski definition) is 1. The minimum atomic E-state index is 0.578. The zero-order chi connectivity index (χ0) is 13.1. The molecule has 0 aliphatic carbocycles. The van der Waals surface area contributed by atoms with Gasteiger partial charge in [-0.2, -0.15) is 5.26 Å². The Morgan fingerprint density at radius 1 is 1.50 bits per heavy atom. The largest absolute Gasteiger partial charge is 0.340 e. The van der Waals surface area contributed by atoms with Crippen molar-refractivity contribution in [3.05, 3.63) is 23.0 Å². The van der Waals surface area contributed by atoms with Gasteiger partial charge >= 0.3 is 0 Å². The van der Waals surface area contributed by atoms with Crippen molar-refractivity contribution in [2.24, 2.45) is 7.05 Å². The van der Waals surface area contributed by atoms with Crippen molar-refractivity contribution in [1.29, 1.82) is 5.26 Å². The van der Waals surface area contributed by atoms with Gasteiger partial charge in [0.05, 0.1) is 0 Å². The van der Waals surface area contributed by atoms with E-state index >= 15 is 0 Å². The molecule has 1 aromatic heterocycles. The molecule has 0 saturated carbocycles. The summed E-state index contributed by atoms with van der Waals surface area (Å²) in [6, 6.07) is 4.80. The van der Waals surface area contributed by atoms with Gasteiger partial charge in [-0.25, -0.2) is 0 Å². The van der Waals surface area contributed by atoms with Gasteiger partial charge in [0, 0.05) is 31.9 Å². The number of likely N-dealkylation sites (N-methyl/N-ethyl adjacent to an activating group) is 1. The van der Waals surface area contributed by atoms with Crippen LogP contribution in [-0.4, -0.2) is 35.6 Å². The van der Waals surface area contributed by atoms with Gasteiger partial charge in [0.25, 0.3) is 0 Å². The molecule has 4 nitrogen and oxygen atoms in total. The smallest absolute Gasteiger partial charge is 0.120 e. The number of rotatable bonds is 3. The van der Waals surface area contributed by atoms with Crippen LogP contribution >= 0.6 is 0 Å². The van der Waals surface area contributed by atoms with Crippen molar-refractivity contribution in [3.8, 4) is 6.07 Å². The normalized spacial score (nSPS) is 20.9. The summed E-state index contributed by atoms with van der Waals surface area (Å²) in [5.41, 5.74) is 3.16. The number of nitrogens with zero attached hydrogens (tertiary/aromatic N) is 3. The summed E-state index contributed by atoms with van der Waals surface area (Å²) in [6.45, 7) is 5.27. The van der Waals surface area contributed by atoms with Crippen LogP contribution in [0.3, 0.4) is 0 Å². The van der Waals surface area contributed by atoms with E-state index in [1.54, 1.807) is 0 Å². The standard InChI is InChI=1S/C14H22N4/c1-11-12(7-14(8-15)18(11)3)9-16-13-5-4-6-17(2)10-13/h7,13,16H,4-6,9-10H2,1-3H3. The zero-order valence-electron chi connectivity index (χ0n) is 11.5. The third-order valence-electron chi connectivity index (χ3n) is 3.96. The Bertz CT molecular complexity index is 455. The van der Waals surface area contributed by atoms with E-state index in [0.717, 1.165) is 18.8 Å². The van der Waals surface area contributed by atoms with E-state index in [4.69, 9.17) is 5.26 Å². The molecule has 4 heteroatoms. The number of hydrogen-bond acceptors (Lipinski definition) is 3. The van der Waals surface area contributed by atoms with E-state index in [-0.39, 0.29) is 0 Å². The molecule has 1 unspecified atom stereocenters. The van der Waals surface area contributed by atoms with Gasteiger partial charge in [-0.05, 0) is 45.0 Å². The quantitative estimate of drug-likeness (QED) is 0.876. The molecule has 0 spiro atoms. The fourth-order valence-corrected chi connectivity index (χ4v) is 2.64. The highest BCUT2D eigenvalue weighted by molar-refractivity contribution is 5.34. The van der Waals surface area contributed by atoms with Crippen LogP contribution in [0.4, 0.5) is 0 Å². The van der Waals surface area contributed by atoms with Crippen LogP contribution in [0, 0.1) is 18.3 Å². The minimum absolute atomic E-state index is 0.578. The molecular formula is C14H22N4. The van der Waals surface area contributed by atoms with Crippen LogP contribution in [0.5, 0.6) is 0 Å². The Morgan fingerprint density at radius 3 is 2.89 bits per heavy atom. The Balaban J connectivity index is 1.96. The van der Waals surface area contributed by atoms with Crippen LogP contribution in [0.25, 0.3) is 0 Å². The molecule has 0 radical (unpaired) electrons. The van der Waals surface area contributed by atoms with Crippen LogP contribution in [0.2, 0.25) is 0 Å². The summed E-state index contributed by atoms with van der Waals surface area (Å²) in [5.74, 6) is 0. The molecule has 1 aromatic rings. The predicted octanol–water partition coefficient (Wildman–Crippen LogP) is 1.39. The van der Waals surface area contributed by atoms with E-state index in [2.05, 4.69) is 30.3 Å². The molecule has 1 atom stereocenters. The van der Waals surface area contributed by atoms with E-state index in [1.165, 1.54) is 30.6 Å². The third-order valence-corrected chi connectivity index (χ3v) is 3.96. The molecule has 0 bridgehead atoms. The average Bonchev–Trinajstić information content (AvgIpc) is 2.64. The van der Waals surface area contributed by atoms with Gasteiger partial charge in [0.1, 0.15) is 11.8 Å². The van der Waals surface area contributed by atoms with Crippen LogP contribution in [0.1, 0.15) is 29.8 Å². The van der Waals surface area contributed by atoms with Crippen molar-refractivity contribution in [2.75, 3.05) is 20.1 Å². The fourth-order valence-electron chi connectivity index (χ4n) is 2.64. The van der Waals surface area contributed by atoms with Crippen molar-refractivity contribution in [3.63, 3.8) is 0 Å². The summed E-state index contributed by atoms with van der Waals surface area (Å²) in [5, 5.41) is 12.6. The lowest BCUT2D eigenvalue weighted by Crippen LogP contribution is -2.43. The molecule has 2 heterocycles. The molecular weight excluding hydrogens is 224 g/mol. The van der Waals surface area contributed by atoms with E-state index in [0.29, 0.717) is 6.04 Å². The highest BCUT2D eigenvalue weighted by Crippen LogP contribution is 2.14. The third kappa shape index (κ3) is 2.74. The zero-order valence-corrected chi connectivity index (χ0v) is 11.5. The summed E-state index contributed by atoms with van der Waals surface area (Å²) >= 11 is 0. The van der Waals surface area contributed by atoms with E-state index < -0.39 is 0 Å². The number of nitriles is 1. The van der Waals surface area contributed by atoms with Crippen molar-refractivity contribution >= 4 is 0 Å². The highest BCUT2D eigenvalue weighted by Gasteiger charge is 2.17. The Morgan fingerprint density at radius 2 is 2.28 bits per heavy atom. The molecule has 98 valence electrons. The second-order valence-corrected chi connectivity index (χ2v) is 5.29. The van der Waals surface area contributed by atoms with Crippen LogP contribution < -0.4 is 5.32 Å². The Kier molecular flexibility index (Phi) is 4.05. The first-order valence-corrected chi connectivity index (χ1v) is 6.59. The average molecular weight is 246 g/mol. The monoisotopic (exact) mass is 246 g/mol. The first kappa shape index (κ1) is 13.1. The molecule has 1 fully saturated rings. The summed E-state index contributed by atoms with van der Waals surface area (Å²) in [4.78, 5) is 2.37. The van der Waals surface area contributed by atoms with Crippen LogP contribution in [-0.2, 0) is 13.6 Å². The maximum atomic E-state index is 9.01. The molecule has 1 aliphatic rings. The van der Waals surface area contributed by atoms with Crippen molar-refractivity contribution in [2.45, 2.75) is 32.4 Å². The topological polar surface area (TPSA) is 44.0 Å². The van der Waals surface area contributed by atoms with Gasteiger partial charge in [-0.1, -0.05) is 0 Å². The van der Waals surface area contributed by atoms with Gasteiger partial charge in [-0.15, -0.1) is 0 Å². The van der Waals surface area contributed by atoms with Crippen molar-refractivity contribution < 1.29 is 0 Å². The molecule has 0 aromatic carbocycles. The lowest BCUT2D eigenvalue weighted by Gasteiger charge is -2.30. The Labute approximate surface area is 109 Å². The SMILES string of the molecule is Cc1c(CNC2CCCN(C)C2)cc(C#N)n1C. The molecule has 0 amide bonds. The predicted molar refractivity (Wildman–Crippen MR) is 72.2 cm³/mol. The summed E-state index contributed by atoms with van der Waals surface area (Å²) < 4.78 is 1.96.